The van der Waals surface area contributed by atoms with Gasteiger partial charge in [-0.05, 0) is 66.2 Å². The molecule has 0 spiro atoms. The molecule has 5 rings (SSSR count). The van der Waals surface area contributed by atoms with E-state index in [1.165, 1.54) is 4.68 Å². The number of ether oxygens (including phenoxy) is 1. The van der Waals surface area contributed by atoms with E-state index in [-0.39, 0.29) is 12.2 Å². The molecule has 160 valence electrons. The lowest BCUT2D eigenvalue weighted by Gasteiger charge is -2.07. The van der Waals surface area contributed by atoms with E-state index in [0.717, 1.165) is 15.4 Å². The molecule has 2 heterocycles. The van der Waals surface area contributed by atoms with Crippen LogP contribution in [-0.2, 0) is 0 Å². The molecule has 0 saturated heterocycles. The molecule has 0 saturated carbocycles. The zero-order chi connectivity index (χ0) is 22.8. The molecular weight excluding hydrogens is 484 g/mol. The predicted molar refractivity (Wildman–Crippen MR) is 129 cm³/mol. The van der Waals surface area contributed by atoms with E-state index in [2.05, 4.69) is 26.0 Å². The van der Waals surface area contributed by atoms with Gasteiger partial charge in [-0.2, -0.15) is 15.0 Å². The molecule has 0 atom stereocenters. The van der Waals surface area contributed by atoms with Crippen molar-refractivity contribution in [3.63, 3.8) is 0 Å². The van der Waals surface area contributed by atoms with Crippen molar-refractivity contribution in [2.24, 2.45) is 5.10 Å². The van der Waals surface area contributed by atoms with Crippen molar-refractivity contribution >= 4 is 44.0 Å². The molecule has 8 heteroatoms. The third-order valence-electron chi connectivity index (χ3n) is 4.96. The molecule has 0 amide bonds. The minimum atomic E-state index is -0.303. The van der Waals surface area contributed by atoms with Gasteiger partial charge in [-0.3, -0.25) is 4.79 Å². The van der Waals surface area contributed by atoms with Gasteiger partial charge in [0.2, 0.25) is 5.82 Å². The summed E-state index contributed by atoms with van der Waals surface area (Å²) in [5.41, 5.74) is 1.69. The van der Waals surface area contributed by atoms with Crippen molar-refractivity contribution < 1.29 is 9.15 Å². The highest BCUT2D eigenvalue weighted by molar-refractivity contribution is 9.10. The Bertz CT molecular complexity index is 1610. The number of para-hydroxylation sites is 1. The van der Waals surface area contributed by atoms with E-state index in [1.807, 2.05) is 36.4 Å². The molecule has 0 aliphatic rings. The van der Waals surface area contributed by atoms with Crippen LogP contribution in [0.3, 0.4) is 0 Å². The van der Waals surface area contributed by atoms with Gasteiger partial charge in [0.15, 0.2) is 12.4 Å². The topological polar surface area (TPSA) is 93.4 Å². The highest BCUT2D eigenvalue weighted by Gasteiger charge is 2.16. The molecule has 0 fully saturated rings. The third kappa shape index (κ3) is 4.14. The first-order valence-corrected chi connectivity index (χ1v) is 10.8. The van der Waals surface area contributed by atoms with Gasteiger partial charge in [-0.1, -0.05) is 28.1 Å². The molecule has 0 aliphatic carbocycles. The smallest absolute Gasteiger partial charge is 0.282 e. The Morgan fingerprint density at radius 2 is 1.94 bits per heavy atom. The summed E-state index contributed by atoms with van der Waals surface area (Å²) in [6.45, 7) is -0.0248. The van der Waals surface area contributed by atoms with E-state index >= 15 is 0 Å². The van der Waals surface area contributed by atoms with Gasteiger partial charge in [-0.15, -0.1) is 0 Å². The summed E-state index contributed by atoms with van der Waals surface area (Å²) in [6, 6.07) is 23.6. The van der Waals surface area contributed by atoms with E-state index in [4.69, 9.17) is 14.4 Å². The molecular formula is C25H15BrN4O3. The Hall–Kier alpha value is -4.22. The molecule has 0 aliphatic heterocycles. The van der Waals surface area contributed by atoms with Crippen molar-refractivity contribution in [1.82, 2.24) is 9.66 Å². The minimum Gasteiger partial charge on any atom is -0.479 e. The van der Waals surface area contributed by atoms with E-state index < -0.39 is 0 Å². The van der Waals surface area contributed by atoms with Gasteiger partial charge in [0.25, 0.3) is 5.56 Å². The van der Waals surface area contributed by atoms with Gasteiger partial charge < -0.3 is 9.15 Å². The summed E-state index contributed by atoms with van der Waals surface area (Å²) < 4.78 is 13.4. The van der Waals surface area contributed by atoms with Gasteiger partial charge in [0, 0.05) is 9.86 Å². The maximum atomic E-state index is 13.3. The molecule has 0 bridgehead atoms. The number of benzene rings is 3. The summed E-state index contributed by atoms with van der Waals surface area (Å²) in [6.07, 6.45) is 1.56. The quantitative estimate of drug-likeness (QED) is 0.304. The zero-order valence-corrected chi connectivity index (χ0v) is 18.7. The Morgan fingerprint density at radius 1 is 1.12 bits per heavy atom. The van der Waals surface area contributed by atoms with Crippen molar-refractivity contribution in [2.45, 2.75) is 0 Å². The average Bonchev–Trinajstić information content (AvgIpc) is 3.26. The first-order chi connectivity index (χ1) is 16.1. The first-order valence-electron chi connectivity index (χ1n) is 9.98. The van der Waals surface area contributed by atoms with Crippen molar-refractivity contribution in [1.29, 1.82) is 5.26 Å². The number of hydrogen-bond donors (Lipinski definition) is 0. The summed E-state index contributed by atoms with van der Waals surface area (Å²) in [5, 5.41) is 14.4. The summed E-state index contributed by atoms with van der Waals surface area (Å²) in [4.78, 5) is 18.0. The molecule has 0 unspecified atom stereocenters. The largest absolute Gasteiger partial charge is 0.479 e. The van der Waals surface area contributed by atoms with Gasteiger partial charge in [-0.25, -0.2) is 4.98 Å². The SMILES string of the molecule is N#CCOc1ccc(C=Nn2c(-c3cc4cc(Br)ccc4o3)nc3ccccc3c2=O)cc1. The lowest BCUT2D eigenvalue weighted by molar-refractivity contribution is 0.368. The standard InChI is InChI=1S/C25H15BrN4O3/c26-18-7-10-22-17(13-18)14-23(33-22)24-29-21-4-2-1-3-20(21)25(31)30(24)28-15-16-5-8-19(9-6-16)32-12-11-27/h1-10,13-15H,12H2. The van der Waals surface area contributed by atoms with Crippen molar-refractivity contribution in [3.05, 3.63) is 93.2 Å². The Labute approximate surface area is 196 Å². The summed E-state index contributed by atoms with van der Waals surface area (Å²) in [5.74, 6) is 1.31. The number of fused-ring (bicyclic) bond motifs is 2. The fraction of sp³-hybridized carbons (Fsp3) is 0.0400. The predicted octanol–water partition coefficient (Wildman–Crippen LogP) is 5.36. The summed E-state index contributed by atoms with van der Waals surface area (Å²) >= 11 is 3.47. The van der Waals surface area contributed by atoms with Gasteiger partial charge >= 0.3 is 0 Å². The van der Waals surface area contributed by atoms with Crippen LogP contribution in [0.2, 0.25) is 0 Å². The fourth-order valence-electron chi connectivity index (χ4n) is 3.40. The first kappa shape index (κ1) is 20.7. The fourth-order valence-corrected chi connectivity index (χ4v) is 3.78. The lowest BCUT2D eigenvalue weighted by atomic mass is 10.2. The molecule has 7 nitrogen and oxygen atoms in total. The molecule has 0 radical (unpaired) electrons. The molecule has 2 aromatic heterocycles. The van der Waals surface area contributed by atoms with E-state index in [0.29, 0.717) is 33.8 Å². The Morgan fingerprint density at radius 3 is 2.76 bits per heavy atom. The number of furan rings is 1. The van der Waals surface area contributed by atoms with Crippen LogP contribution in [0.25, 0.3) is 33.5 Å². The molecule has 5 aromatic rings. The average molecular weight is 499 g/mol. The van der Waals surface area contributed by atoms with Crippen LogP contribution in [0, 0.1) is 11.3 Å². The number of rotatable bonds is 5. The second-order valence-corrected chi connectivity index (χ2v) is 8.04. The van der Waals surface area contributed by atoms with Crippen LogP contribution >= 0.6 is 15.9 Å². The second kappa shape index (κ2) is 8.73. The number of hydrogen-bond acceptors (Lipinski definition) is 6. The highest BCUT2D eigenvalue weighted by atomic mass is 79.9. The summed E-state index contributed by atoms with van der Waals surface area (Å²) in [7, 11) is 0. The number of nitriles is 1. The van der Waals surface area contributed by atoms with E-state index in [9.17, 15) is 4.79 Å². The lowest BCUT2D eigenvalue weighted by Crippen LogP contribution is -2.20. The highest BCUT2D eigenvalue weighted by Crippen LogP contribution is 2.29. The van der Waals surface area contributed by atoms with E-state index in [1.54, 1.807) is 48.7 Å². The maximum Gasteiger partial charge on any atom is 0.282 e. The van der Waals surface area contributed by atoms with Crippen LogP contribution in [0.5, 0.6) is 5.75 Å². The monoisotopic (exact) mass is 498 g/mol. The molecule has 33 heavy (non-hydrogen) atoms. The third-order valence-corrected chi connectivity index (χ3v) is 5.45. The van der Waals surface area contributed by atoms with Gasteiger partial charge in [0.05, 0.1) is 17.1 Å². The minimum absolute atomic E-state index is 0.0248. The normalized spacial score (nSPS) is 11.3. The molecule has 3 aromatic carbocycles. The van der Waals surface area contributed by atoms with Crippen molar-refractivity contribution in [3.8, 4) is 23.4 Å². The van der Waals surface area contributed by atoms with Crippen LogP contribution in [-0.4, -0.2) is 22.5 Å². The Balaban J connectivity index is 1.62. The second-order valence-electron chi connectivity index (χ2n) is 7.12. The number of halogens is 1. The number of aromatic nitrogens is 2. The van der Waals surface area contributed by atoms with Crippen molar-refractivity contribution in [2.75, 3.05) is 6.61 Å². The van der Waals surface area contributed by atoms with Crippen LogP contribution in [0.15, 0.2) is 91.6 Å². The number of nitrogens with zero attached hydrogens (tertiary/aromatic N) is 4. The maximum absolute atomic E-state index is 13.3. The zero-order valence-electron chi connectivity index (χ0n) is 17.1. The Kier molecular flexibility index (Phi) is 5.47. The van der Waals surface area contributed by atoms with Crippen LogP contribution in [0.1, 0.15) is 5.56 Å². The van der Waals surface area contributed by atoms with Crippen LogP contribution < -0.4 is 10.3 Å². The molecule has 0 N–H and O–H groups in total. The van der Waals surface area contributed by atoms with Crippen LogP contribution in [0.4, 0.5) is 0 Å². The van der Waals surface area contributed by atoms with Gasteiger partial charge in [0.1, 0.15) is 17.4 Å².